The highest BCUT2D eigenvalue weighted by Gasteiger charge is 2.40. The second-order valence-corrected chi connectivity index (χ2v) is 6.61. The molecule has 2 amide bonds. The van der Waals surface area contributed by atoms with Gasteiger partial charge in [-0.3, -0.25) is 14.9 Å². The molecular formula is C17H21NO3. The molecular weight excluding hydrogens is 266 g/mol. The molecule has 2 unspecified atom stereocenters. The summed E-state index contributed by atoms with van der Waals surface area (Å²) >= 11 is 0. The Labute approximate surface area is 124 Å². The molecule has 21 heavy (non-hydrogen) atoms. The predicted molar refractivity (Wildman–Crippen MR) is 79.1 cm³/mol. The third kappa shape index (κ3) is 2.43. The highest BCUT2D eigenvalue weighted by atomic mass is 16.5. The van der Waals surface area contributed by atoms with E-state index in [9.17, 15) is 9.59 Å². The van der Waals surface area contributed by atoms with Crippen molar-refractivity contribution in [3.05, 3.63) is 29.3 Å². The first kappa shape index (κ1) is 14.1. The molecule has 1 N–H and O–H groups in total. The number of hydrogen-bond acceptors (Lipinski definition) is 3. The molecule has 0 spiro atoms. The van der Waals surface area contributed by atoms with Crippen LogP contribution in [0.3, 0.4) is 0 Å². The van der Waals surface area contributed by atoms with Crippen molar-refractivity contribution in [1.82, 2.24) is 5.32 Å². The molecule has 1 aromatic carbocycles. The highest BCUT2D eigenvalue weighted by molar-refractivity contribution is 6.00. The average Bonchev–Trinajstić information content (AvgIpc) is 2.71. The van der Waals surface area contributed by atoms with E-state index in [4.69, 9.17) is 4.74 Å². The normalized spacial score (nSPS) is 27.0. The second-order valence-electron chi connectivity index (χ2n) is 6.61. The smallest absolute Gasteiger partial charge is 0.230 e. The van der Waals surface area contributed by atoms with E-state index in [2.05, 4.69) is 25.2 Å². The van der Waals surface area contributed by atoms with Gasteiger partial charge in [0.05, 0.1) is 0 Å². The summed E-state index contributed by atoms with van der Waals surface area (Å²) in [5, 5.41) is 2.45. The van der Waals surface area contributed by atoms with E-state index in [0.717, 1.165) is 24.2 Å². The Morgan fingerprint density at radius 2 is 2.10 bits per heavy atom. The molecule has 4 heteroatoms. The second kappa shape index (κ2) is 4.86. The van der Waals surface area contributed by atoms with Gasteiger partial charge >= 0.3 is 0 Å². The fourth-order valence-corrected chi connectivity index (χ4v) is 3.53. The van der Waals surface area contributed by atoms with Gasteiger partial charge < -0.3 is 4.74 Å². The zero-order valence-corrected chi connectivity index (χ0v) is 12.7. The standard InChI is InChI=1S/C17H21NO3/c1-4-11-13(8-14(19)18-16(11)20)12-7-5-6-10-9-17(2,3)21-15(10)12/h5-7,11,13H,4,8-9H2,1-3H3,(H,18,19,20). The van der Waals surface area contributed by atoms with Crippen molar-refractivity contribution in [2.75, 3.05) is 0 Å². The van der Waals surface area contributed by atoms with E-state index in [1.54, 1.807) is 0 Å². The van der Waals surface area contributed by atoms with Gasteiger partial charge in [-0.05, 0) is 31.4 Å². The Balaban J connectivity index is 2.03. The van der Waals surface area contributed by atoms with E-state index in [-0.39, 0.29) is 29.3 Å². The third-order valence-corrected chi connectivity index (χ3v) is 4.45. The summed E-state index contributed by atoms with van der Waals surface area (Å²) in [5.74, 6) is 0.285. The molecule has 4 nitrogen and oxygen atoms in total. The van der Waals surface area contributed by atoms with Crippen molar-refractivity contribution < 1.29 is 14.3 Å². The molecule has 0 aromatic heterocycles. The number of carbonyl (C=O) groups is 2. The summed E-state index contributed by atoms with van der Waals surface area (Å²) < 4.78 is 6.10. The summed E-state index contributed by atoms with van der Waals surface area (Å²) in [6.07, 6.45) is 1.93. The van der Waals surface area contributed by atoms with Crippen molar-refractivity contribution >= 4 is 11.8 Å². The van der Waals surface area contributed by atoms with Crippen LogP contribution >= 0.6 is 0 Å². The number of fused-ring (bicyclic) bond motifs is 1. The van der Waals surface area contributed by atoms with Gasteiger partial charge in [0.1, 0.15) is 11.4 Å². The first-order chi connectivity index (χ1) is 9.91. The van der Waals surface area contributed by atoms with Crippen LogP contribution in [0.25, 0.3) is 0 Å². The van der Waals surface area contributed by atoms with E-state index in [0.29, 0.717) is 6.42 Å². The predicted octanol–water partition coefficient (Wildman–Crippen LogP) is 2.56. The molecule has 1 saturated heterocycles. The van der Waals surface area contributed by atoms with Gasteiger partial charge in [-0.25, -0.2) is 0 Å². The van der Waals surface area contributed by atoms with Gasteiger partial charge in [0.25, 0.3) is 0 Å². The number of amides is 2. The number of ether oxygens (including phenoxy) is 1. The van der Waals surface area contributed by atoms with E-state index >= 15 is 0 Å². The summed E-state index contributed by atoms with van der Waals surface area (Å²) in [5.41, 5.74) is 1.96. The van der Waals surface area contributed by atoms with Gasteiger partial charge in [0.15, 0.2) is 0 Å². The summed E-state index contributed by atoms with van der Waals surface area (Å²) in [6.45, 7) is 6.11. The van der Waals surface area contributed by atoms with Crippen LogP contribution in [0.15, 0.2) is 18.2 Å². The van der Waals surface area contributed by atoms with Crippen molar-refractivity contribution in [3.8, 4) is 5.75 Å². The van der Waals surface area contributed by atoms with Gasteiger partial charge in [-0.2, -0.15) is 0 Å². The maximum Gasteiger partial charge on any atom is 0.230 e. The Morgan fingerprint density at radius 1 is 1.33 bits per heavy atom. The fraction of sp³-hybridized carbons (Fsp3) is 0.529. The van der Waals surface area contributed by atoms with Crippen molar-refractivity contribution in [2.45, 2.75) is 51.6 Å². The Morgan fingerprint density at radius 3 is 2.81 bits per heavy atom. The maximum atomic E-state index is 12.1. The maximum absolute atomic E-state index is 12.1. The van der Waals surface area contributed by atoms with Crippen LogP contribution in [0, 0.1) is 5.92 Å². The Kier molecular flexibility index (Phi) is 3.27. The lowest BCUT2D eigenvalue weighted by Gasteiger charge is -2.31. The first-order valence-electron chi connectivity index (χ1n) is 7.56. The van der Waals surface area contributed by atoms with Crippen molar-refractivity contribution in [1.29, 1.82) is 0 Å². The molecule has 2 aliphatic heterocycles. The molecule has 0 radical (unpaired) electrons. The van der Waals surface area contributed by atoms with Gasteiger partial charge in [-0.1, -0.05) is 25.1 Å². The molecule has 1 aromatic rings. The minimum atomic E-state index is -0.221. The molecule has 0 bridgehead atoms. The number of piperidine rings is 1. The number of carbonyl (C=O) groups excluding carboxylic acids is 2. The Bertz CT molecular complexity index is 606. The van der Waals surface area contributed by atoms with Gasteiger partial charge in [-0.15, -0.1) is 0 Å². The van der Waals surface area contributed by atoms with Crippen LogP contribution in [0.1, 0.15) is 50.7 Å². The van der Waals surface area contributed by atoms with Crippen LogP contribution in [-0.4, -0.2) is 17.4 Å². The van der Waals surface area contributed by atoms with E-state index in [1.165, 1.54) is 5.56 Å². The molecule has 3 rings (SSSR count). The molecule has 0 saturated carbocycles. The summed E-state index contributed by atoms with van der Waals surface area (Å²) in [7, 11) is 0. The highest BCUT2D eigenvalue weighted by Crippen LogP contribution is 2.44. The van der Waals surface area contributed by atoms with Crippen LogP contribution in [-0.2, 0) is 16.0 Å². The lowest BCUT2D eigenvalue weighted by Crippen LogP contribution is -2.44. The van der Waals surface area contributed by atoms with Crippen molar-refractivity contribution in [2.24, 2.45) is 5.92 Å². The lowest BCUT2D eigenvalue weighted by molar-refractivity contribution is -0.137. The van der Waals surface area contributed by atoms with Crippen LogP contribution < -0.4 is 10.1 Å². The summed E-state index contributed by atoms with van der Waals surface area (Å²) in [6, 6.07) is 6.07. The summed E-state index contributed by atoms with van der Waals surface area (Å²) in [4.78, 5) is 23.8. The zero-order chi connectivity index (χ0) is 15.2. The number of rotatable bonds is 2. The SMILES string of the molecule is CCC1C(=O)NC(=O)CC1c1cccc2c1OC(C)(C)C2. The van der Waals surface area contributed by atoms with Crippen LogP contribution in [0.5, 0.6) is 5.75 Å². The lowest BCUT2D eigenvalue weighted by atomic mass is 9.78. The largest absolute Gasteiger partial charge is 0.487 e. The molecule has 112 valence electrons. The third-order valence-electron chi connectivity index (χ3n) is 4.45. The molecule has 0 aliphatic carbocycles. The number of imide groups is 1. The number of benzene rings is 1. The first-order valence-corrected chi connectivity index (χ1v) is 7.56. The van der Waals surface area contributed by atoms with Crippen LogP contribution in [0.2, 0.25) is 0 Å². The minimum absolute atomic E-state index is 0.0832. The zero-order valence-electron chi connectivity index (χ0n) is 12.7. The Hall–Kier alpha value is -1.84. The monoisotopic (exact) mass is 287 g/mol. The molecule has 1 fully saturated rings. The number of para-hydroxylation sites is 1. The van der Waals surface area contributed by atoms with E-state index in [1.807, 2.05) is 19.1 Å². The van der Waals surface area contributed by atoms with Crippen molar-refractivity contribution in [3.63, 3.8) is 0 Å². The molecule has 2 heterocycles. The van der Waals surface area contributed by atoms with Gasteiger partial charge in [0.2, 0.25) is 11.8 Å². The average molecular weight is 287 g/mol. The van der Waals surface area contributed by atoms with E-state index < -0.39 is 0 Å². The topological polar surface area (TPSA) is 55.4 Å². The fourth-order valence-electron chi connectivity index (χ4n) is 3.53. The molecule has 2 aliphatic rings. The quantitative estimate of drug-likeness (QED) is 0.851. The van der Waals surface area contributed by atoms with Gasteiger partial charge in [0, 0.05) is 24.7 Å². The van der Waals surface area contributed by atoms with Crippen LogP contribution in [0.4, 0.5) is 0 Å². The number of nitrogens with one attached hydrogen (secondary N) is 1. The minimum Gasteiger partial charge on any atom is -0.487 e. The molecule has 2 atom stereocenters. The number of hydrogen-bond donors (Lipinski definition) is 1.